The Hall–Kier alpha value is -1.99. The number of halogens is 1. The highest BCUT2D eigenvalue weighted by Crippen LogP contribution is 2.05. The van der Waals surface area contributed by atoms with Gasteiger partial charge in [0.15, 0.2) is 0 Å². The number of hydrogen-bond acceptors (Lipinski definition) is 4. The molecule has 0 bridgehead atoms. The molecule has 112 valence electrons. The van der Waals surface area contributed by atoms with Crippen LogP contribution in [0.15, 0.2) is 24.3 Å². The molecule has 0 aliphatic carbocycles. The molecule has 20 heavy (non-hydrogen) atoms. The van der Waals surface area contributed by atoms with Crippen LogP contribution in [0.2, 0.25) is 0 Å². The quantitative estimate of drug-likeness (QED) is 0.702. The maximum atomic E-state index is 13.2. The third-order valence-corrected chi connectivity index (χ3v) is 2.20. The minimum absolute atomic E-state index is 0.162. The molecule has 0 radical (unpaired) electrons. The second-order valence-corrected chi connectivity index (χ2v) is 3.94. The summed E-state index contributed by atoms with van der Waals surface area (Å²) in [5.74, 6) is -3.81. The summed E-state index contributed by atoms with van der Waals surface area (Å²) in [6.45, 7) is 3.18. The SMILES string of the molecule is COCC(C)NCc1ccccc1F.O=C(O)C(=O)O. The normalized spacial score (nSPS) is 11.2. The van der Waals surface area contributed by atoms with Crippen molar-refractivity contribution in [3.8, 4) is 0 Å². The van der Waals surface area contributed by atoms with Gasteiger partial charge < -0.3 is 20.3 Å². The summed E-state index contributed by atoms with van der Waals surface area (Å²) >= 11 is 0. The van der Waals surface area contributed by atoms with Crippen LogP contribution >= 0.6 is 0 Å². The number of carbonyl (C=O) groups is 2. The van der Waals surface area contributed by atoms with Gasteiger partial charge in [-0.15, -0.1) is 0 Å². The van der Waals surface area contributed by atoms with E-state index in [-0.39, 0.29) is 11.9 Å². The van der Waals surface area contributed by atoms with Crippen molar-refractivity contribution in [2.45, 2.75) is 19.5 Å². The number of carboxylic acid groups (broad SMARTS) is 2. The van der Waals surface area contributed by atoms with E-state index in [9.17, 15) is 4.39 Å². The largest absolute Gasteiger partial charge is 0.473 e. The topological polar surface area (TPSA) is 95.9 Å². The van der Waals surface area contributed by atoms with Gasteiger partial charge in [-0.3, -0.25) is 0 Å². The summed E-state index contributed by atoms with van der Waals surface area (Å²) in [6.07, 6.45) is 0. The van der Waals surface area contributed by atoms with E-state index in [0.717, 1.165) is 0 Å². The lowest BCUT2D eigenvalue weighted by molar-refractivity contribution is -0.159. The molecule has 0 spiro atoms. The highest BCUT2D eigenvalue weighted by atomic mass is 19.1. The van der Waals surface area contributed by atoms with Crippen LogP contribution in [0.3, 0.4) is 0 Å². The molecule has 7 heteroatoms. The van der Waals surface area contributed by atoms with E-state index >= 15 is 0 Å². The fourth-order valence-electron chi connectivity index (χ4n) is 1.23. The van der Waals surface area contributed by atoms with Gasteiger partial charge >= 0.3 is 11.9 Å². The minimum atomic E-state index is -1.82. The van der Waals surface area contributed by atoms with E-state index in [4.69, 9.17) is 24.5 Å². The van der Waals surface area contributed by atoms with Crippen molar-refractivity contribution in [3.05, 3.63) is 35.6 Å². The van der Waals surface area contributed by atoms with Crippen molar-refractivity contribution >= 4 is 11.9 Å². The first-order chi connectivity index (χ1) is 9.38. The van der Waals surface area contributed by atoms with Crippen molar-refractivity contribution in [2.24, 2.45) is 0 Å². The Bertz CT molecular complexity index is 427. The third-order valence-electron chi connectivity index (χ3n) is 2.20. The molecule has 0 saturated carbocycles. The number of benzene rings is 1. The highest BCUT2D eigenvalue weighted by Gasteiger charge is 2.04. The Morgan fingerprint density at radius 2 is 1.85 bits per heavy atom. The highest BCUT2D eigenvalue weighted by molar-refractivity contribution is 6.27. The molecule has 1 rings (SSSR count). The van der Waals surface area contributed by atoms with Gasteiger partial charge in [-0.05, 0) is 13.0 Å². The van der Waals surface area contributed by atoms with E-state index in [1.165, 1.54) is 6.07 Å². The standard InChI is InChI=1S/C11H16FNO.C2H2O4/c1-9(8-14-2)13-7-10-5-3-4-6-11(10)12;3-1(4)2(5)6/h3-6,9,13H,7-8H2,1-2H3;(H,3,4)(H,5,6). The van der Waals surface area contributed by atoms with Gasteiger partial charge in [0.1, 0.15) is 5.82 Å². The monoisotopic (exact) mass is 287 g/mol. The molecule has 0 aliphatic rings. The number of hydrogen-bond donors (Lipinski definition) is 3. The fourth-order valence-corrected chi connectivity index (χ4v) is 1.23. The van der Waals surface area contributed by atoms with Gasteiger partial charge in [-0.2, -0.15) is 0 Å². The smallest absolute Gasteiger partial charge is 0.414 e. The van der Waals surface area contributed by atoms with Gasteiger partial charge in [0.05, 0.1) is 6.61 Å². The molecule has 6 nitrogen and oxygen atoms in total. The van der Waals surface area contributed by atoms with Gasteiger partial charge in [-0.25, -0.2) is 14.0 Å². The molecule has 1 atom stereocenters. The lowest BCUT2D eigenvalue weighted by Gasteiger charge is -2.12. The van der Waals surface area contributed by atoms with Crippen LogP contribution in [0, 0.1) is 5.82 Å². The van der Waals surface area contributed by atoms with Gasteiger partial charge in [0.25, 0.3) is 0 Å². The predicted molar refractivity (Wildman–Crippen MR) is 69.8 cm³/mol. The zero-order valence-electron chi connectivity index (χ0n) is 11.3. The average molecular weight is 287 g/mol. The summed E-state index contributed by atoms with van der Waals surface area (Å²) in [4.78, 5) is 18.2. The average Bonchev–Trinajstić information content (AvgIpc) is 2.39. The minimum Gasteiger partial charge on any atom is -0.473 e. The Kier molecular flexibility index (Phi) is 8.89. The molecule has 3 N–H and O–H groups in total. The lowest BCUT2D eigenvalue weighted by atomic mass is 10.2. The zero-order chi connectivity index (χ0) is 15.5. The first-order valence-electron chi connectivity index (χ1n) is 5.80. The molecule has 1 aromatic rings. The molecule has 0 heterocycles. The van der Waals surface area contributed by atoms with E-state index in [1.807, 2.05) is 13.0 Å². The predicted octanol–water partition coefficient (Wildman–Crippen LogP) is 1.11. The van der Waals surface area contributed by atoms with E-state index in [2.05, 4.69) is 5.32 Å². The maximum absolute atomic E-state index is 13.2. The summed E-state index contributed by atoms with van der Waals surface area (Å²) in [7, 11) is 1.65. The van der Waals surface area contributed by atoms with Crippen molar-refractivity contribution < 1.29 is 28.9 Å². The Morgan fingerprint density at radius 1 is 1.30 bits per heavy atom. The van der Waals surface area contributed by atoms with E-state index in [1.54, 1.807) is 19.2 Å². The van der Waals surface area contributed by atoms with Gasteiger partial charge in [-0.1, -0.05) is 18.2 Å². The number of aliphatic carboxylic acids is 2. The Labute approximate surface area is 116 Å². The van der Waals surface area contributed by atoms with Crippen LogP contribution in [0.25, 0.3) is 0 Å². The summed E-state index contributed by atoms with van der Waals surface area (Å²) in [5.41, 5.74) is 0.690. The van der Waals surface area contributed by atoms with Crippen LogP contribution in [0.4, 0.5) is 4.39 Å². The van der Waals surface area contributed by atoms with Crippen molar-refractivity contribution in [1.82, 2.24) is 5.32 Å². The molecular formula is C13H18FNO5. The maximum Gasteiger partial charge on any atom is 0.414 e. The lowest BCUT2D eigenvalue weighted by Crippen LogP contribution is -2.29. The van der Waals surface area contributed by atoms with Gasteiger partial charge in [0, 0.05) is 25.3 Å². The second kappa shape index (κ2) is 9.88. The molecule has 1 aromatic carbocycles. The molecule has 0 fully saturated rings. The number of rotatable bonds is 5. The molecule has 0 aromatic heterocycles. The molecule has 0 amide bonds. The van der Waals surface area contributed by atoms with Crippen LogP contribution in [-0.2, 0) is 20.9 Å². The van der Waals surface area contributed by atoms with Crippen molar-refractivity contribution in [1.29, 1.82) is 0 Å². The zero-order valence-corrected chi connectivity index (χ0v) is 11.3. The van der Waals surface area contributed by atoms with Gasteiger partial charge in [0.2, 0.25) is 0 Å². The van der Waals surface area contributed by atoms with Crippen molar-refractivity contribution in [3.63, 3.8) is 0 Å². The number of carboxylic acids is 2. The van der Waals surface area contributed by atoms with Crippen molar-refractivity contribution in [2.75, 3.05) is 13.7 Å². The first-order valence-corrected chi connectivity index (χ1v) is 5.80. The van der Waals surface area contributed by atoms with E-state index < -0.39 is 11.9 Å². The van der Waals surface area contributed by atoms with Crippen LogP contribution in [-0.4, -0.2) is 41.9 Å². The number of nitrogens with one attached hydrogen (secondary N) is 1. The van der Waals surface area contributed by atoms with Crippen LogP contribution < -0.4 is 5.32 Å². The summed E-state index contributed by atoms with van der Waals surface area (Å²) in [6, 6.07) is 7.01. The third kappa shape index (κ3) is 8.17. The molecule has 1 unspecified atom stereocenters. The molecule has 0 saturated heterocycles. The van der Waals surface area contributed by atoms with E-state index in [0.29, 0.717) is 18.7 Å². The Morgan fingerprint density at radius 3 is 2.30 bits per heavy atom. The fraction of sp³-hybridized carbons (Fsp3) is 0.385. The summed E-state index contributed by atoms with van der Waals surface area (Å²) in [5, 5.41) is 18.0. The number of methoxy groups -OCH3 is 1. The van der Waals surface area contributed by atoms with Crippen LogP contribution in [0.1, 0.15) is 12.5 Å². The Balaban J connectivity index is 0.000000511. The molecule has 0 aliphatic heterocycles. The summed E-state index contributed by atoms with van der Waals surface area (Å²) < 4.78 is 18.1. The molecular weight excluding hydrogens is 269 g/mol. The second-order valence-electron chi connectivity index (χ2n) is 3.94. The number of ether oxygens (including phenoxy) is 1. The van der Waals surface area contributed by atoms with Crippen LogP contribution in [0.5, 0.6) is 0 Å². The first kappa shape index (κ1) is 18.0.